The molecular formula is C22H22BrN3. The summed E-state index contributed by atoms with van der Waals surface area (Å²) in [6, 6.07) is 30.1. The first-order valence-electron chi connectivity index (χ1n) is 8.83. The highest BCUT2D eigenvalue weighted by Crippen LogP contribution is 2.26. The minimum Gasteiger partial charge on any atom is -0.336 e. The van der Waals surface area contributed by atoms with Crippen LogP contribution in [0.1, 0.15) is 5.56 Å². The quantitative estimate of drug-likeness (QED) is 0.544. The lowest BCUT2D eigenvalue weighted by atomic mass is 10.2. The molecular weight excluding hydrogens is 386 g/mol. The summed E-state index contributed by atoms with van der Waals surface area (Å²) in [4.78, 5) is 7.24. The van der Waals surface area contributed by atoms with Gasteiger partial charge in [0.15, 0.2) is 0 Å². The van der Waals surface area contributed by atoms with Gasteiger partial charge in [0, 0.05) is 22.4 Å². The summed E-state index contributed by atoms with van der Waals surface area (Å²) in [5.74, 6) is 0. The molecule has 0 radical (unpaired) electrons. The molecule has 0 bridgehead atoms. The van der Waals surface area contributed by atoms with Gasteiger partial charge in [0.05, 0.1) is 20.0 Å². The van der Waals surface area contributed by atoms with E-state index in [0.717, 1.165) is 25.3 Å². The van der Waals surface area contributed by atoms with E-state index in [1.165, 1.54) is 22.6 Å². The average molecular weight is 408 g/mol. The number of hydrogen-bond donors (Lipinski definition) is 0. The Labute approximate surface area is 163 Å². The maximum absolute atomic E-state index is 3.53. The Morgan fingerprint density at radius 1 is 0.538 bits per heavy atom. The third-order valence-corrected chi connectivity index (χ3v) is 5.37. The molecule has 1 saturated heterocycles. The molecule has 0 amide bonds. The summed E-state index contributed by atoms with van der Waals surface area (Å²) in [6.45, 7) is 2.63. The summed E-state index contributed by atoms with van der Waals surface area (Å²) >= 11 is 3.53. The molecule has 3 aromatic carbocycles. The van der Waals surface area contributed by atoms with Crippen molar-refractivity contribution in [3.63, 3.8) is 0 Å². The molecule has 3 aromatic rings. The van der Waals surface area contributed by atoms with Crippen molar-refractivity contribution < 1.29 is 0 Å². The second-order valence-electron chi connectivity index (χ2n) is 6.51. The molecule has 26 heavy (non-hydrogen) atoms. The second kappa shape index (κ2) is 7.83. The highest BCUT2D eigenvalue weighted by molar-refractivity contribution is 9.08. The van der Waals surface area contributed by atoms with Crippen LogP contribution in [0.25, 0.3) is 0 Å². The third-order valence-electron chi connectivity index (χ3n) is 4.72. The molecule has 0 aliphatic carbocycles. The van der Waals surface area contributed by atoms with Crippen LogP contribution < -0.4 is 14.7 Å². The Balaban J connectivity index is 1.64. The van der Waals surface area contributed by atoms with Crippen LogP contribution in [-0.4, -0.2) is 20.0 Å². The predicted molar refractivity (Wildman–Crippen MR) is 114 cm³/mol. The van der Waals surface area contributed by atoms with Crippen molar-refractivity contribution in [1.82, 2.24) is 0 Å². The van der Waals surface area contributed by atoms with Gasteiger partial charge in [0.1, 0.15) is 0 Å². The molecule has 0 unspecified atom stereocenters. The van der Waals surface area contributed by atoms with Gasteiger partial charge >= 0.3 is 0 Å². The molecule has 0 N–H and O–H groups in total. The van der Waals surface area contributed by atoms with Crippen molar-refractivity contribution in [3.05, 3.63) is 90.5 Å². The van der Waals surface area contributed by atoms with E-state index in [1.807, 2.05) is 0 Å². The van der Waals surface area contributed by atoms with Gasteiger partial charge in [-0.1, -0.05) is 64.5 Å². The molecule has 4 rings (SSSR count). The van der Waals surface area contributed by atoms with Crippen LogP contribution in [0.3, 0.4) is 0 Å². The lowest BCUT2D eigenvalue weighted by molar-refractivity contribution is 0.611. The fraction of sp³-hybridized carbons (Fsp3) is 0.182. The molecule has 4 heteroatoms. The van der Waals surface area contributed by atoms with Crippen molar-refractivity contribution in [1.29, 1.82) is 0 Å². The van der Waals surface area contributed by atoms with Gasteiger partial charge in [-0.2, -0.15) is 0 Å². The van der Waals surface area contributed by atoms with Crippen molar-refractivity contribution in [2.24, 2.45) is 0 Å². The number of halogens is 1. The number of para-hydroxylation sites is 2. The molecule has 0 atom stereocenters. The van der Waals surface area contributed by atoms with Gasteiger partial charge in [0.25, 0.3) is 0 Å². The third kappa shape index (κ3) is 3.70. The van der Waals surface area contributed by atoms with Gasteiger partial charge in [-0.15, -0.1) is 0 Å². The van der Waals surface area contributed by atoms with E-state index in [4.69, 9.17) is 0 Å². The van der Waals surface area contributed by atoms with E-state index < -0.39 is 0 Å². The highest BCUT2D eigenvalue weighted by atomic mass is 79.9. The first kappa shape index (κ1) is 17.0. The standard InChI is InChI=1S/C22H22BrN3/c23-15-19-11-13-22(14-12-19)26-17-24(20-7-3-1-4-8-20)16-25(18-26)21-9-5-2-6-10-21/h1-14H,15-18H2. The Hall–Kier alpha value is -2.46. The SMILES string of the molecule is BrCc1ccc(N2CN(c3ccccc3)CN(c3ccccc3)C2)cc1. The Morgan fingerprint density at radius 3 is 1.31 bits per heavy atom. The average Bonchev–Trinajstić information content (AvgIpc) is 2.75. The summed E-state index contributed by atoms with van der Waals surface area (Å²) < 4.78 is 0. The fourth-order valence-corrected chi connectivity index (χ4v) is 3.69. The fourth-order valence-electron chi connectivity index (χ4n) is 3.32. The lowest BCUT2D eigenvalue weighted by Crippen LogP contribution is -2.55. The van der Waals surface area contributed by atoms with Crippen molar-refractivity contribution in [2.45, 2.75) is 5.33 Å². The van der Waals surface area contributed by atoms with Gasteiger partial charge in [-0.25, -0.2) is 0 Å². The minimum absolute atomic E-state index is 0.876. The van der Waals surface area contributed by atoms with Crippen molar-refractivity contribution in [2.75, 3.05) is 34.7 Å². The number of anilines is 3. The Kier molecular flexibility index (Phi) is 5.12. The van der Waals surface area contributed by atoms with E-state index in [2.05, 4.69) is 116 Å². The molecule has 3 nitrogen and oxygen atoms in total. The van der Waals surface area contributed by atoms with E-state index in [0.29, 0.717) is 0 Å². The summed E-state index contributed by atoms with van der Waals surface area (Å²) in [5, 5.41) is 0.888. The minimum atomic E-state index is 0.876. The van der Waals surface area contributed by atoms with Gasteiger partial charge in [-0.3, -0.25) is 0 Å². The van der Waals surface area contributed by atoms with Crippen molar-refractivity contribution >= 4 is 33.0 Å². The number of benzene rings is 3. The zero-order chi connectivity index (χ0) is 17.8. The molecule has 0 spiro atoms. The maximum Gasteiger partial charge on any atom is 0.0937 e. The number of hydrogen-bond acceptors (Lipinski definition) is 3. The van der Waals surface area contributed by atoms with E-state index in [-0.39, 0.29) is 0 Å². The normalized spacial score (nSPS) is 14.6. The maximum atomic E-state index is 3.53. The smallest absolute Gasteiger partial charge is 0.0937 e. The monoisotopic (exact) mass is 407 g/mol. The number of rotatable bonds is 4. The van der Waals surface area contributed by atoms with Crippen LogP contribution in [-0.2, 0) is 5.33 Å². The van der Waals surface area contributed by atoms with Crippen LogP contribution in [0.5, 0.6) is 0 Å². The Bertz CT molecular complexity index is 774. The zero-order valence-corrected chi connectivity index (χ0v) is 16.2. The molecule has 1 fully saturated rings. The van der Waals surface area contributed by atoms with Crippen LogP contribution >= 0.6 is 15.9 Å². The van der Waals surface area contributed by atoms with E-state index >= 15 is 0 Å². The molecule has 1 aliphatic rings. The predicted octanol–water partition coefficient (Wildman–Crippen LogP) is 5.29. The van der Waals surface area contributed by atoms with Gasteiger partial charge in [-0.05, 0) is 42.0 Å². The van der Waals surface area contributed by atoms with E-state index in [9.17, 15) is 0 Å². The molecule has 1 heterocycles. The van der Waals surface area contributed by atoms with E-state index in [1.54, 1.807) is 0 Å². The lowest BCUT2D eigenvalue weighted by Gasteiger charge is -2.45. The van der Waals surface area contributed by atoms with Crippen LogP contribution in [0.15, 0.2) is 84.9 Å². The topological polar surface area (TPSA) is 9.72 Å². The summed E-state index contributed by atoms with van der Waals surface area (Å²) in [6.07, 6.45) is 0. The first-order valence-corrected chi connectivity index (χ1v) is 9.95. The van der Waals surface area contributed by atoms with Crippen LogP contribution in [0.4, 0.5) is 17.1 Å². The number of nitrogens with zero attached hydrogens (tertiary/aromatic N) is 3. The first-order chi connectivity index (χ1) is 12.8. The summed E-state index contributed by atoms with van der Waals surface area (Å²) in [7, 11) is 0. The van der Waals surface area contributed by atoms with Crippen LogP contribution in [0.2, 0.25) is 0 Å². The molecule has 1 aliphatic heterocycles. The second-order valence-corrected chi connectivity index (χ2v) is 7.08. The van der Waals surface area contributed by atoms with Crippen molar-refractivity contribution in [3.8, 4) is 0 Å². The molecule has 0 saturated carbocycles. The largest absolute Gasteiger partial charge is 0.336 e. The van der Waals surface area contributed by atoms with Gasteiger partial charge in [0.2, 0.25) is 0 Å². The molecule has 132 valence electrons. The molecule has 0 aromatic heterocycles. The van der Waals surface area contributed by atoms with Gasteiger partial charge < -0.3 is 14.7 Å². The number of alkyl halides is 1. The Morgan fingerprint density at radius 2 is 0.923 bits per heavy atom. The zero-order valence-electron chi connectivity index (χ0n) is 14.6. The highest BCUT2D eigenvalue weighted by Gasteiger charge is 2.24. The van der Waals surface area contributed by atoms with Crippen LogP contribution in [0, 0.1) is 0 Å². The summed E-state index contributed by atoms with van der Waals surface area (Å²) in [5.41, 5.74) is 5.03.